The molecular weight excluding hydrogens is 560 g/mol. The van der Waals surface area contributed by atoms with E-state index in [1.165, 1.54) is 4.90 Å². The maximum Gasteiger partial charge on any atom is 0.410 e. The van der Waals surface area contributed by atoms with Gasteiger partial charge in [-0.05, 0) is 71.4 Å². The van der Waals surface area contributed by atoms with Crippen molar-refractivity contribution < 1.29 is 29.0 Å². The molecule has 1 aromatic heterocycles. The lowest BCUT2D eigenvalue weighted by Crippen LogP contribution is -2.55. The highest BCUT2D eigenvalue weighted by Gasteiger charge is 2.40. The lowest BCUT2D eigenvalue weighted by atomic mass is 9.87. The molecule has 246 valence electrons. The smallest absolute Gasteiger partial charge is 0.410 e. The topological polar surface area (TPSA) is 113 Å². The third kappa shape index (κ3) is 9.69. The van der Waals surface area contributed by atoms with Gasteiger partial charge in [-0.15, -0.1) is 0 Å². The predicted octanol–water partition coefficient (Wildman–Crippen LogP) is 4.81. The SMILES string of the molecule is COCCCn1cc(CN(C(=O)[C@@H]2C[C@H](C(=O)NC(CO)CC(C)C)CN(C(=O)OC(C)(C)C)C2)C(C)C)c2ccccc21. The van der Waals surface area contributed by atoms with Crippen LogP contribution in [0.5, 0.6) is 0 Å². The van der Waals surface area contributed by atoms with Gasteiger partial charge in [-0.1, -0.05) is 32.0 Å². The van der Waals surface area contributed by atoms with E-state index in [9.17, 15) is 19.5 Å². The zero-order valence-electron chi connectivity index (χ0n) is 28.0. The number of ether oxygens (including phenoxy) is 2. The number of nitrogens with zero attached hydrogens (tertiary/aromatic N) is 3. The normalized spacial score (nSPS) is 18.1. The van der Waals surface area contributed by atoms with E-state index in [2.05, 4.69) is 28.2 Å². The Morgan fingerprint density at radius 2 is 1.77 bits per heavy atom. The van der Waals surface area contributed by atoms with Crippen molar-refractivity contribution >= 4 is 28.8 Å². The summed E-state index contributed by atoms with van der Waals surface area (Å²) in [7, 11) is 1.70. The first kappa shape index (κ1) is 35.4. The third-order valence-electron chi connectivity index (χ3n) is 8.01. The second kappa shape index (κ2) is 15.8. The van der Waals surface area contributed by atoms with E-state index in [4.69, 9.17) is 9.47 Å². The van der Waals surface area contributed by atoms with Crippen LogP contribution in [0.4, 0.5) is 4.79 Å². The van der Waals surface area contributed by atoms with Crippen LogP contribution < -0.4 is 5.32 Å². The molecule has 0 radical (unpaired) electrons. The molecule has 0 aliphatic carbocycles. The first-order valence-corrected chi connectivity index (χ1v) is 16.0. The van der Waals surface area contributed by atoms with E-state index < -0.39 is 23.5 Å². The summed E-state index contributed by atoms with van der Waals surface area (Å²) < 4.78 is 13.1. The van der Waals surface area contributed by atoms with Crippen LogP contribution in [0.1, 0.15) is 73.3 Å². The Hall–Kier alpha value is -3.11. The number of methoxy groups -OCH3 is 1. The van der Waals surface area contributed by atoms with E-state index in [-0.39, 0.29) is 49.5 Å². The van der Waals surface area contributed by atoms with Gasteiger partial charge in [-0.3, -0.25) is 9.59 Å². The second-order valence-electron chi connectivity index (χ2n) is 13.8. The number of aliphatic hydroxyl groups is 1. The van der Waals surface area contributed by atoms with Gasteiger partial charge in [0.05, 0.1) is 24.5 Å². The molecule has 2 N–H and O–H groups in total. The first-order chi connectivity index (χ1) is 20.7. The maximum absolute atomic E-state index is 14.3. The highest BCUT2D eigenvalue weighted by Crippen LogP contribution is 2.29. The number of hydrogen-bond acceptors (Lipinski definition) is 6. The Morgan fingerprint density at radius 1 is 1.09 bits per heavy atom. The van der Waals surface area contributed by atoms with Gasteiger partial charge >= 0.3 is 6.09 Å². The lowest BCUT2D eigenvalue weighted by molar-refractivity contribution is -0.141. The zero-order chi connectivity index (χ0) is 32.6. The fraction of sp³-hybridized carbons (Fsp3) is 0.676. The standard InChI is InChI=1S/C34H54N4O6/c1-23(2)16-28(22-39)35-31(40)25-17-26(19-37(18-25)33(42)44-34(5,6)7)32(41)38(24(3)4)21-27-20-36(14-11-15-43-8)30-13-10-9-12-29(27)30/h9-10,12-13,20,23-26,28,39H,11,14-19,21-22H2,1-8H3,(H,35,40)/t25-,26+,28?/m0/s1. The minimum Gasteiger partial charge on any atom is -0.444 e. The summed E-state index contributed by atoms with van der Waals surface area (Å²) in [6.07, 6.45) is 3.40. The van der Waals surface area contributed by atoms with E-state index in [0.29, 0.717) is 26.0 Å². The van der Waals surface area contributed by atoms with Crippen molar-refractivity contribution in [1.29, 1.82) is 0 Å². The van der Waals surface area contributed by atoms with Crippen molar-refractivity contribution in [2.24, 2.45) is 17.8 Å². The molecule has 3 rings (SSSR count). The average molecular weight is 615 g/mol. The Labute approximate surface area is 263 Å². The molecule has 2 aromatic rings. The van der Waals surface area contributed by atoms with Gasteiger partial charge in [0.2, 0.25) is 11.8 Å². The first-order valence-electron chi connectivity index (χ1n) is 16.0. The van der Waals surface area contributed by atoms with E-state index in [1.807, 2.05) is 44.7 Å². The molecule has 44 heavy (non-hydrogen) atoms. The molecule has 1 saturated heterocycles. The van der Waals surface area contributed by atoms with Crippen molar-refractivity contribution in [3.63, 3.8) is 0 Å². The van der Waals surface area contributed by atoms with Crippen LogP contribution >= 0.6 is 0 Å². The summed E-state index contributed by atoms with van der Waals surface area (Å²) in [4.78, 5) is 44.4. The van der Waals surface area contributed by atoms with Crippen molar-refractivity contribution in [3.05, 3.63) is 36.0 Å². The van der Waals surface area contributed by atoms with E-state index >= 15 is 0 Å². The Bertz CT molecular complexity index is 1250. The lowest BCUT2D eigenvalue weighted by Gasteiger charge is -2.40. The second-order valence-corrected chi connectivity index (χ2v) is 13.8. The van der Waals surface area contributed by atoms with Crippen LogP contribution in [-0.4, -0.2) is 88.5 Å². The van der Waals surface area contributed by atoms with Gasteiger partial charge in [0.1, 0.15) is 5.60 Å². The van der Waals surface area contributed by atoms with Crippen LogP contribution in [0.3, 0.4) is 0 Å². The molecule has 3 amide bonds. The Balaban J connectivity index is 1.88. The quantitative estimate of drug-likeness (QED) is 0.313. The van der Waals surface area contributed by atoms with Crippen molar-refractivity contribution in [2.75, 3.05) is 33.4 Å². The Morgan fingerprint density at radius 3 is 2.39 bits per heavy atom. The average Bonchev–Trinajstić information content (AvgIpc) is 3.31. The number of aromatic nitrogens is 1. The predicted molar refractivity (Wildman–Crippen MR) is 172 cm³/mol. The number of aryl methyl sites for hydroxylation is 1. The van der Waals surface area contributed by atoms with Crippen LogP contribution in [0, 0.1) is 17.8 Å². The highest BCUT2D eigenvalue weighted by molar-refractivity contribution is 5.86. The van der Waals surface area contributed by atoms with Crippen molar-refractivity contribution in [2.45, 2.75) is 98.5 Å². The fourth-order valence-electron chi connectivity index (χ4n) is 5.96. The number of rotatable bonds is 13. The number of carbonyl (C=O) groups excluding carboxylic acids is 3. The number of piperidine rings is 1. The number of likely N-dealkylation sites (tertiary alicyclic amines) is 1. The molecule has 1 unspecified atom stereocenters. The number of amides is 3. The molecule has 1 fully saturated rings. The number of nitrogens with one attached hydrogen (secondary N) is 1. The van der Waals surface area contributed by atoms with Gasteiger partial charge in [0.15, 0.2) is 0 Å². The van der Waals surface area contributed by atoms with Gasteiger partial charge in [-0.2, -0.15) is 0 Å². The van der Waals surface area contributed by atoms with Gasteiger partial charge < -0.3 is 34.3 Å². The summed E-state index contributed by atoms with van der Waals surface area (Å²) >= 11 is 0. The van der Waals surface area contributed by atoms with Gasteiger partial charge in [-0.25, -0.2) is 4.79 Å². The van der Waals surface area contributed by atoms with Crippen LogP contribution in [0.2, 0.25) is 0 Å². The minimum absolute atomic E-state index is 0.0943. The van der Waals surface area contributed by atoms with E-state index in [1.54, 1.807) is 27.9 Å². The monoisotopic (exact) mass is 614 g/mol. The van der Waals surface area contributed by atoms with Crippen LogP contribution in [0.25, 0.3) is 10.9 Å². The fourth-order valence-corrected chi connectivity index (χ4v) is 5.96. The molecule has 10 nitrogen and oxygen atoms in total. The third-order valence-corrected chi connectivity index (χ3v) is 8.01. The largest absolute Gasteiger partial charge is 0.444 e. The van der Waals surface area contributed by atoms with Gasteiger partial charge in [0.25, 0.3) is 0 Å². The van der Waals surface area contributed by atoms with Crippen molar-refractivity contribution in [3.8, 4) is 0 Å². The number of benzene rings is 1. The molecule has 10 heteroatoms. The molecule has 3 atom stereocenters. The van der Waals surface area contributed by atoms with E-state index in [0.717, 1.165) is 29.4 Å². The zero-order valence-corrected chi connectivity index (χ0v) is 28.0. The number of carbonyl (C=O) groups is 3. The number of hydrogen-bond donors (Lipinski definition) is 2. The summed E-state index contributed by atoms with van der Waals surface area (Å²) in [5, 5.41) is 13.9. The summed E-state index contributed by atoms with van der Waals surface area (Å²) in [6, 6.07) is 7.71. The molecular formula is C34H54N4O6. The summed E-state index contributed by atoms with van der Waals surface area (Å²) in [6.45, 7) is 15.5. The highest BCUT2D eigenvalue weighted by atomic mass is 16.6. The summed E-state index contributed by atoms with van der Waals surface area (Å²) in [5.74, 6) is -1.25. The van der Waals surface area contributed by atoms with Crippen molar-refractivity contribution in [1.82, 2.24) is 19.7 Å². The van der Waals surface area contributed by atoms with Crippen LogP contribution in [0.15, 0.2) is 30.5 Å². The van der Waals surface area contributed by atoms with Crippen LogP contribution in [-0.2, 0) is 32.2 Å². The summed E-state index contributed by atoms with van der Waals surface area (Å²) in [5.41, 5.74) is 1.45. The minimum atomic E-state index is -0.716. The molecule has 0 bridgehead atoms. The molecule has 0 saturated carbocycles. The molecule has 0 spiro atoms. The maximum atomic E-state index is 14.3. The molecule has 1 aromatic carbocycles. The number of para-hydroxylation sites is 1. The Kier molecular flexibility index (Phi) is 12.7. The van der Waals surface area contributed by atoms with Gasteiger partial charge in [0, 0.05) is 63.0 Å². The molecule has 1 aliphatic heterocycles. The number of aliphatic hydroxyl groups excluding tert-OH is 1. The molecule has 2 heterocycles. The molecule has 1 aliphatic rings. The number of fused-ring (bicyclic) bond motifs is 1.